The molecule has 2 amide bonds. The minimum atomic E-state index is -3.91. The summed E-state index contributed by atoms with van der Waals surface area (Å²) in [5, 5.41) is 2.63. The largest absolute Gasteiger partial charge is 0.482 e. The van der Waals surface area contributed by atoms with E-state index in [1.807, 2.05) is 24.3 Å². The lowest BCUT2D eigenvalue weighted by atomic mass is 10.1. The van der Waals surface area contributed by atoms with E-state index < -0.39 is 16.1 Å². The molecule has 9 heteroatoms. The summed E-state index contributed by atoms with van der Waals surface area (Å²) in [7, 11) is -3.91. The van der Waals surface area contributed by atoms with Crippen molar-refractivity contribution in [2.24, 2.45) is 0 Å². The maximum atomic E-state index is 13.4. The number of amides is 2. The van der Waals surface area contributed by atoms with Crippen LogP contribution in [-0.2, 0) is 26.0 Å². The van der Waals surface area contributed by atoms with Gasteiger partial charge in [-0.1, -0.05) is 18.2 Å². The zero-order valence-corrected chi connectivity index (χ0v) is 17.0. The van der Waals surface area contributed by atoms with Crippen molar-refractivity contribution >= 4 is 33.2 Å². The third-order valence-electron chi connectivity index (χ3n) is 5.83. The molecular formula is C21H21N3O5S. The Kier molecular flexibility index (Phi) is 4.52. The first-order valence-electron chi connectivity index (χ1n) is 9.93. The summed E-state index contributed by atoms with van der Waals surface area (Å²) in [5.74, 6) is -0.0918. The Bertz CT molecular complexity index is 1150. The molecule has 5 rings (SSSR count). The second-order valence-electron chi connectivity index (χ2n) is 7.64. The van der Waals surface area contributed by atoms with Crippen LogP contribution in [0.15, 0.2) is 47.4 Å². The highest BCUT2D eigenvalue weighted by atomic mass is 32.2. The Morgan fingerprint density at radius 3 is 2.83 bits per heavy atom. The minimum absolute atomic E-state index is 0.0357. The van der Waals surface area contributed by atoms with Gasteiger partial charge in [-0.25, -0.2) is 8.42 Å². The Morgan fingerprint density at radius 1 is 1.13 bits per heavy atom. The van der Waals surface area contributed by atoms with Crippen LogP contribution in [0.25, 0.3) is 0 Å². The fourth-order valence-electron chi connectivity index (χ4n) is 4.38. The molecule has 0 radical (unpaired) electrons. The van der Waals surface area contributed by atoms with Gasteiger partial charge in [-0.3, -0.25) is 9.59 Å². The van der Waals surface area contributed by atoms with Crippen LogP contribution < -0.4 is 15.0 Å². The van der Waals surface area contributed by atoms with Crippen LogP contribution >= 0.6 is 0 Å². The van der Waals surface area contributed by atoms with Gasteiger partial charge >= 0.3 is 0 Å². The summed E-state index contributed by atoms with van der Waals surface area (Å²) in [6, 6.07) is 11.4. The average molecular weight is 427 g/mol. The molecule has 8 nitrogen and oxygen atoms in total. The molecule has 156 valence electrons. The van der Waals surface area contributed by atoms with Crippen LogP contribution in [0.1, 0.15) is 18.4 Å². The van der Waals surface area contributed by atoms with Gasteiger partial charge in [0, 0.05) is 18.8 Å². The number of fused-ring (bicyclic) bond motifs is 2. The highest BCUT2D eigenvalue weighted by Gasteiger charge is 2.42. The van der Waals surface area contributed by atoms with Gasteiger partial charge in [0.2, 0.25) is 15.9 Å². The molecule has 1 atom stereocenters. The molecule has 1 fully saturated rings. The highest BCUT2D eigenvalue weighted by molar-refractivity contribution is 7.89. The van der Waals surface area contributed by atoms with E-state index in [4.69, 9.17) is 4.74 Å². The summed E-state index contributed by atoms with van der Waals surface area (Å²) in [5.41, 5.74) is 2.28. The maximum absolute atomic E-state index is 13.4. The predicted molar refractivity (Wildman–Crippen MR) is 110 cm³/mol. The van der Waals surface area contributed by atoms with Gasteiger partial charge in [-0.2, -0.15) is 4.31 Å². The average Bonchev–Trinajstić information content (AvgIpc) is 3.40. The van der Waals surface area contributed by atoms with Gasteiger partial charge in [-0.05, 0) is 49.1 Å². The number of benzene rings is 2. The monoisotopic (exact) mass is 427 g/mol. The molecule has 0 aromatic heterocycles. The van der Waals surface area contributed by atoms with Gasteiger partial charge in [0.1, 0.15) is 11.8 Å². The van der Waals surface area contributed by atoms with Crippen LogP contribution in [0.5, 0.6) is 5.75 Å². The van der Waals surface area contributed by atoms with Crippen LogP contribution in [0, 0.1) is 0 Å². The lowest BCUT2D eigenvalue weighted by Crippen LogP contribution is -2.47. The molecule has 1 saturated heterocycles. The molecule has 3 aliphatic heterocycles. The number of para-hydroxylation sites is 1. The number of carbonyl (C=O) groups is 2. The summed E-state index contributed by atoms with van der Waals surface area (Å²) in [6.45, 7) is 0.748. The number of rotatable bonds is 3. The van der Waals surface area contributed by atoms with E-state index in [-0.39, 0.29) is 29.9 Å². The molecule has 3 heterocycles. The summed E-state index contributed by atoms with van der Waals surface area (Å²) in [4.78, 5) is 26.6. The molecule has 2 aromatic carbocycles. The van der Waals surface area contributed by atoms with Crippen molar-refractivity contribution in [2.45, 2.75) is 30.2 Å². The molecule has 30 heavy (non-hydrogen) atoms. The third-order valence-corrected chi connectivity index (χ3v) is 7.74. The number of nitrogens with one attached hydrogen (secondary N) is 1. The molecule has 3 aliphatic rings. The SMILES string of the molecule is O=C1COc2ccc(S(=O)(=O)N3CCC[C@@H]3C(=O)N3CCc4ccccc43)cc2N1. The lowest BCUT2D eigenvalue weighted by molar-refractivity contribution is -0.121. The quantitative estimate of drug-likeness (QED) is 0.805. The van der Waals surface area contributed by atoms with Crippen molar-refractivity contribution in [3.05, 3.63) is 48.0 Å². The van der Waals surface area contributed by atoms with Gasteiger partial charge in [0.15, 0.2) is 6.61 Å². The van der Waals surface area contributed by atoms with E-state index in [2.05, 4.69) is 5.32 Å². The van der Waals surface area contributed by atoms with E-state index in [0.717, 1.165) is 17.7 Å². The fraction of sp³-hybridized carbons (Fsp3) is 0.333. The van der Waals surface area contributed by atoms with E-state index in [1.165, 1.54) is 22.5 Å². The molecule has 0 bridgehead atoms. The number of carbonyl (C=O) groups excluding carboxylic acids is 2. The van der Waals surface area contributed by atoms with Crippen molar-refractivity contribution in [3.8, 4) is 5.75 Å². The first-order chi connectivity index (χ1) is 14.4. The summed E-state index contributed by atoms with van der Waals surface area (Å²) >= 11 is 0. The van der Waals surface area contributed by atoms with Crippen molar-refractivity contribution < 1.29 is 22.7 Å². The first-order valence-corrected chi connectivity index (χ1v) is 11.4. The molecule has 0 unspecified atom stereocenters. The number of sulfonamides is 1. The summed E-state index contributed by atoms with van der Waals surface area (Å²) < 4.78 is 33.4. The third kappa shape index (κ3) is 3.05. The van der Waals surface area contributed by atoms with E-state index in [1.54, 1.807) is 4.90 Å². The Labute approximate surface area is 174 Å². The van der Waals surface area contributed by atoms with E-state index in [9.17, 15) is 18.0 Å². The standard InChI is InChI=1S/C21H21N3O5S/c25-20-13-29-19-8-7-15(12-16(19)22-20)30(27,28)24-10-3-6-18(24)21(26)23-11-9-14-4-1-2-5-17(14)23/h1-2,4-5,7-8,12,18H,3,6,9-11,13H2,(H,22,25)/t18-/m1/s1. The van der Waals surface area contributed by atoms with E-state index >= 15 is 0 Å². The molecule has 0 spiro atoms. The normalized spacial score (nSPS) is 21.0. The number of hydrogen-bond acceptors (Lipinski definition) is 5. The predicted octanol–water partition coefficient (Wildman–Crippen LogP) is 1.76. The maximum Gasteiger partial charge on any atom is 0.262 e. The van der Waals surface area contributed by atoms with Gasteiger partial charge < -0.3 is 15.0 Å². The van der Waals surface area contributed by atoms with Crippen LogP contribution in [-0.4, -0.2) is 50.3 Å². The van der Waals surface area contributed by atoms with E-state index in [0.29, 0.717) is 30.8 Å². The molecule has 1 N–H and O–H groups in total. The van der Waals surface area contributed by atoms with Gasteiger partial charge in [0.25, 0.3) is 5.91 Å². The Balaban J connectivity index is 1.44. The number of ether oxygens (including phenoxy) is 1. The second-order valence-corrected chi connectivity index (χ2v) is 9.53. The topological polar surface area (TPSA) is 96.0 Å². The second kappa shape index (κ2) is 7.10. The zero-order valence-electron chi connectivity index (χ0n) is 16.2. The van der Waals surface area contributed by atoms with Crippen molar-refractivity contribution in [3.63, 3.8) is 0 Å². The van der Waals surface area contributed by atoms with Crippen LogP contribution in [0.3, 0.4) is 0 Å². The van der Waals surface area contributed by atoms with Crippen molar-refractivity contribution in [1.82, 2.24) is 4.31 Å². The minimum Gasteiger partial charge on any atom is -0.482 e. The molecule has 0 saturated carbocycles. The Morgan fingerprint density at radius 2 is 1.97 bits per heavy atom. The van der Waals surface area contributed by atoms with Gasteiger partial charge in [0.05, 0.1) is 10.6 Å². The van der Waals surface area contributed by atoms with Crippen molar-refractivity contribution in [2.75, 3.05) is 29.9 Å². The van der Waals surface area contributed by atoms with Crippen LogP contribution in [0.4, 0.5) is 11.4 Å². The lowest BCUT2D eigenvalue weighted by Gasteiger charge is -2.28. The number of nitrogens with zero attached hydrogens (tertiary/aromatic N) is 2. The molecule has 0 aliphatic carbocycles. The van der Waals surface area contributed by atoms with Gasteiger partial charge in [-0.15, -0.1) is 0 Å². The molecule has 2 aromatic rings. The zero-order chi connectivity index (χ0) is 20.9. The summed E-state index contributed by atoms with van der Waals surface area (Å²) in [6.07, 6.45) is 1.88. The Hall–Kier alpha value is -2.91. The first kappa shape index (κ1) is 19.1. The van der Waals surface area contributed by atoms with Crippen molar-refractivity contribution in [1.29, 1.82) is 0 Å². The number of hydrogen-bond donors (Lipinski definition) is 1. The number of anilines is 2. The molecular weight excluding hydrogens is 406 g/mol. The fourth-order valence-corrected chi connectivity index (χ4v) is 6.06. The highest BCUT2D eigenvalue weighted by Crippen LogP contribution is 2.35. The smallest absolute Gasteiger partial charge is 0.262 e. The van der Waals surface area contributed by atoms with Crippen LogP contribution in [0.2, 0.25) is 0 Å².